The molecule has 2 aromatic heterocycles. The molecule has 0 spiro atoms. The molecule has 2 aromatic rings. The molecule has 7 nitrogen and oxygen atoms in total. The summed E-state index contributed by atoms with van der Waals surface area (Å²) >= 11 is 0. The van der Waals surface area contributed by atoms with Crippen molar-refractivity contribution in [2.24, 2.45) is 4.99 Å². The minimum Gasteiger partial charge on any atom is -0.357 e. The molecular formula is C17H30IN7. The van der Waals surface area contributed by atoms with Gasteiger partial charge in [0, 0.05) is 50.8 Å². The van der Waals surface area contributed by atoms with Crippen molar-refractivity contribution in [1.82, 2.24) is 30.2 Å². The van der Waals surface area contributed by atoms with Gasteiger partial charge in [0.15, 0.2) is 5.96 Å². The fraction of sp³-hybridized carbons (Fsp3) is 0.588. The second kappa shape index (κ2) is 11.9. The van der Waals surface area contributed by atoms with E-state index in [9.17, 15) is 0 Å². The van der Waals surface area contributed by atoms with Crippen LogP contribution in [0.15, 0.2) is 29.5 Å². The molecule has 0 atom stereocenters. The highest BCUT2D eigenvalue weighted by Crippen LogP contribution is 2.02. The molecule has 0 aliphatic heterocycles. The lowest BCUT2D eigenvalue weighted by Gasteiger charge is -2.11. The maximum absolute atomic E-state index is 4.63. The van der Waals surface area contributed by atoms with E-state index in [1.165, 1.54) is 5.69 Å². The zero-order valence-corrected chi connectivity index (χ0v) is 17.7. The first-order chi connectivity index (χ1) is 11.7. The lowest BCUT2D eigenvalue weighted by Crippen LogP contribution is -2.38. The molecule has 140 valence electrons. The van der Waals surface area contributed by atoms with Crippen LogP contribution < -0.4 is 10.6 Å². The lowest BCUT2D eigenvalue weighted by atomic mass is 10.4. The minimum absolute atomic E-state index is 0. The van der Waals surface area contributed by atoms with Crippen LogP contribution in [0.3, 0.4) is 0 Å². The van der Waals surface area contributed by atoms with Gasteiger partial charge >= 0.3 is 0 Å². The molecule has 2 heterocycles. The average molecular weight is 459 g/mol. The van der Waals surface area contributed by atoms with Crippen LogP contribution in [-0.2, 0) is 13.1 Å². The van der Waals surface area contributed by atoms with Gasteiger partial charge in [0.05, 0.1) is 5.69 Å². The summed E-state index contributed by atoms with van der Waals surface area (Å²) < 4.78 is 4.00. The van der Waals surface area contributed by atoms with Gasteiger partial charge in [0.1, 0.15) is 0 Å². The Kier molecular flexibility index (Phi) is 10.2. The van der Waals surface area contributed by atoms with E-state index < -0.39 is 0 Å². The third-order valence-electron chi connectivity index (χ3n) is 3.66. The normalized spacial score (nSPS) is 11.2. The first kappa shape index (κ1) is 21.5. The number of aryl methyl sites for hydroxylation is 4. The molecule has 2 rings (SSSR count). The number of nitrogens with one attached hydrogen (secondary N) is 2. The van der Waals surface area contributed by atoms with Crippen LogP contribution in [0.25, 0.3) is 0 Å². The molecule has 0 aliphatic rings. The van der Waals surface area contributed by atoms with Crippen LogP contribution >= 0.6 is 24.0 Å². The summed E-state index contributed by atoms with van der Waals surface area (Å²) in [6, 6.07) is 4.05. The van der Waals surface area contributed by atoms with Crippen molar-refractivity contribution in [2.75, 3.05) is 19.6 Å². The van der Waals surface area contributed by atoms with Gasteiger partial charge in [-0.1, -0.05) is 0 Å². The Morgan fingerprint density at radius 1 is 1.20 bits per heavy atom. The Hall–Kier alpha value is -1.58. The van der Waals surface area contributed by atoms with E-state index in [1.54, 1.807) is 0 Å². The van der Waals surface area contributed by atoms with Gasteiger partial charge in [-0.25, -0.2) is 0 Å². The predicted octanol–water partition coefficient (Wildman–Crippen LogP) is 2.35. The topological polar surface area (TPSA) is 72.1 Å². The zero-order chi connectivity index (χ0) is 17.2. The van der Waals surface area contributed by atoms with Crippen molar-refractivity contribution < 1.29 is 0 Å². The predicted molar refractivity (Wildman–Crippen MR) is 113 cm³/mol. The lowest BCUT2D eigenvalue weighted by molar-refractivity contribution is 0.562. The van der Waals surface area contributed by atoms with E-state index >= 15 is 0 Å². The van der Waals surface area contributed by atoms with E-state index in [-0.39, 0.29) is 24.0 Å². The number of nitrogens with zero attached hydrogens (tertiary/aromatic N) is 5. The van der Waals surface area contributed by atoms with Gasteiger partial charge in [-0.05, 0) is 45.7 Å². The van der Waals surface area contributed by atoms with Crippen molar-refractivity contribution in [3.05, 3.63) is 35.9 Å². The summed E-state index contributed by atoms with van der Waals surface area (Å²) in [4.78, 5) is 4.63. The van der Waals surface area contributed by atoms with Crippen molar-refractivity contribution in [3.63, 3.8) is 0 Å². The summed E-state index contributed by atoms with van der Waals surface area (Å²) in [6.07, 6.45) is 5.78. The summed E-state index contributed by atoms with van der Waals surface area (Å²) in [5.74, 6) is 0.881. The molecule has 0 fully saturated rings. The first-order valence-corrected chi connectivity index (χ1v) is 8.69. The summed E-state index contributed by atoms with van der Waals surface area (Å²) in [6.45, 7) is 10.5. The second-order valence-electron chi connectivity index (χ2n) is 5.81. The molecule has 0 bridgehead atoms. The number of rotatable bonds is 9. The molecule has 0 aromatic carbocycles. The monoisotopic (exact) mass is 459 g/mol. The maximum Gasteiger partial charge on any atom is 0.191 e. The number of aliphatic imine (C=N–C) groups is 1. The van der Waals surface area contributed by atoms with E-state index in [0.717, 1.165) is 57.2 Å². The van der Waals surface area contributed by atoms with Gasteiger partial charge in [0.2, 0.25) is 0 Å². The zero-order valence-electron chi connectivity index (χ0n) is 15.4. The van der Waals surface area contributed by atoms with E-state index in [4.69, 9.17) is 0 Å². The van der Waals surface area contributed by atoms with Gasteiger partial charge in [-0.15, -0.1) is 24.0 Å². The summed E-state index contributed by atoms with van der Waals surface area (Å²) in [7, 11) is 0. The highest BCUT2D eigenvalue weighted by atomic mass is 127. The fourth-order valence-electron chi connectivity index (χ4n) is 2.53. The first-order valence-electron chi connectivity index (χ1n) is 8.69. The molecule has 25 heavy (non-hydrogen) atoms. The molecule has 8 heteroatoms. The summed E-state index contributed by atoms with van der Waals surface area (Å²) in [5, 5.41) is 15.3. The van der Waals surface area contributed by atoms with Crippen molar-refractivity contribution >= 4 is 29.9 Å². The second-order valence-corrected chi connectivity index (χ2v) is 5.81. The molecule has 0 saturated heterocycles. The number of hydrogen-bond donors (Lipinski definition) is 2. The molecule has 0 saturated carbocycles. The highest BCUT2D eigenvalue weighted by Gasteiger charge is 2.01. The van der Waals surface area contributed by atoms with Crippen molar-refractivity contribution in [2.45, 2.75) is 46.7 Å². The standard InChI is InChI=1S/C17H29N7.HI/c1-4-18-17(19-8-5-11-23-12-7-10-21-23)20-9-6-13-24-16(3)14-15(2)22-24;/h7,10,12,14H,4-6,8-9,11,13H2,1-3H3,(H2,18,19,20);1H. The van der Waals surface area contributed by atoms with E-state index in [0.29, 0.717) is 0 Å². The Balaban J connectivity index is 0.00000312. The van der Waals surface area contributed by atoms with Crippen LogP contribution in [0.1, 0.15) is 31.2 Å². The van der Waals surface area contributed by atoms with Crippen LogP contribution in [0.5, 0.6) is 0 Å². The molecular weight excluding hydrogens is 429 g/mol. The number of aromatic nitrogens is 4. The number of hydrogen-bond acceptors (Lipinski definition) is 3. The molecule has 0 aliphatic carbocycles. The fourth-order valence-corrected chi connectivity index (χ4v) is 2.53. The molecule has 0 radical (unpaired) electrons. The van der Waals surface area contributed by atoms with E-state index in [2.05, 4.69) is 50.4 Å². The average Bonchev–Trinajstić information content (AvgIpc) is 3.17. The van der Waals surface area contributed by atoms with Crippen LogP contribution in [0.4, 0.5) is 0 Å². The molecule has 0 unspecified atom stereocenters. The van der Waals surface area contributed by atoms with Crippen LogP contribution in [-0.4, -0.2) is 45.2 Å². The van der Waals surface area contributed by atoms with Crippen LogP contribution in [0, 0.1) is 13.8 Å². The third kappa shape index (κ3) is 7.89. The van der Waals surface area contributed by atoms with Gasteiger partial charge in [0.25, 0.3) is 0 Å². The smallest absolute Gasteiger partial charge is 0.191 e. The highest BCUT2D eigenvalue weighted by molar-refractivity contribution is 14.0. The minimum atomic E-state index is 0. The molecule has 0 amide bonds. The Morgan fingerprint density at radius 3 is 2.68 bits per heavy atom. The Labute approximate surface area is 167 Å². The van der Waals surface area contributed by atoms with Gasteiger partial charge in [-0.3, -0.25) is 14.4 Å². The van der Waals surface area contributed by atoms with Crippen molar-refractivity contribution in [3.8, 4) is 0 Å². The van der Waals surface area contributed by atoms with Gasteiger partial charge < -0.3 is 10.6 Å². The maximum atomic E-state index is 4.63. The Morgan fingerprint density at radius 2 is 2.04 bits per heavy atom. The summed E-state index contributed by atoms with van der Waals surface area (Å²) in [5.41, 5.74) is 2.28. The third-order valence-corrected chi connectivity index (χ3v) is 3.66. The SMILES string of the molecule is CCNC(=NCCCn1nc(C)cc1C)NCCCn1cccn1.I. The largest absolute Gasteiger partial charge is 0.357 e. The van der Waals surface area contributed by atoms with Crippen LogP contribution in [0.2, 0.25) is 0 Å². The number of halogens is 1. The van der Waals surface area contributed by atoms with E-state index in [1.807, 2.05) is 30.1 Å². The Bertz CT molecular complexity index is 619. The molecule has 2 N–H and O–H groups in total. The van der Waals surface area contributed by atoms with Gasteiger partial charge in [-0.2, -0.15) is 10.2 Å². The quantitative estimate of drug-likeness (QED) is 0.262. The number of guanidine groups is 1. The van der Waals surface area contributed by atoms with Crippen molar-refractivity contribution in [1.29, 1.82) is 0 Å².